The molecule has 2 unspecified atom stereocenters. The Morgan fingerprint density at radius 2 is 2.15 bits per heavy atom. The van der Waals surface area contributed by atoms with E-state index in [4.69, 9.17) is 0 Å². The van der Waals surface area contributed by atoms with Gasteiger partial charge in [0.2, 0.25) is 0 Å². The molecule has 0 saturated carbocycles. The highest BCUT2D eigenvalue weighted by atomic mass is 19.1. The number of hydrogen-bond acceptors (Lipinski definition) is 2. The molecule has 0 aliphatic carbocycles. The van der Waals surface area contributed by atoms with Crippen molar-refractivity contribution in [2.75, 3.05) is 11.9 Å². The monoisotopic (exact) mass is 280 g/mol. The highest BCUT2D eigenvalue weighted by Gasteiger charge is 2.39. The molecule has 6 heteroatoms. The third-order valence-electron chi connectivity index (χ3n) is 3.58. The number of aryl methyl sites for hydroxylation is 1. The number of aliphatic carboxylic acids is 1. The third-order valence-corrected chi connectivity index (χ3v) is 3.58. The summed E-state index contributed by atoms with van der Waals surface area (Å²) in [6.45, 7) is 3.93. The molecule has 0 aromatic heterocycles. The Morgan fingerprint density at radius 3 is 2.80 bits per heavy atom. The second-order valence-corrected chi connectivity index (χ2v) is 5.16. The van der Waals surface area contributed by atoms with Crippen LogP contribution in [-0.4, -0.2) is 34.6 Å². The van der Waals surface area contributed by atoms with Gasteiger partial charge in [0, 0.05) is 6.54 Å². The van der Waals surface area contributed by atoms with Crippen LogP contribution in [0.2, 0.25) is 0 Å². The van der Waals surface area contributed by atoms with Gasteiger partial charge in [-0.1, -0.05) is 13.0 Å². The summed E-state index contributed by atoms with van der Waals surface area (Å²) in [6, 6.07) is 2.95. The van der Waals surface area contributed by atoms with Gasteiger partial charge in [0.25, 0.3) is 0 Å². The normalized spacial score (nSPS) is 21.9. The van der Waals surface area contributed by atoms with E-state index < -0.39 is 23.9 Å². The molecule has 1 heterocycles. The molecule has 0 radical (unpaired) electrons. The maximum absolute atomic E-state index is 13.6. The quantitative estimate of drug-likeness (QED) is 0.874. The SMILES string of the molecule is Cc1ccc(F)c(NC(=O)N2CCC(C)C2C(=O)O)c1. The topological polar surface area (TPSA) is 69.6 Å². The van der Waals surface area contributed by atoms with Crippen LogP contribution in [0.5, 0.6) is 0 Å². The Kier molecular flexibility index (Phi) is 3.92. The van der Waals surface area contributed by atoms with E-state index in [1.165, 1.54) is 17.0 Å². The van der Waals surface area contributed by atoms with Crippen molar-refractivity contribution in [1.82, 2.24) is 4.90 Å². The van der Waals surface area contributed by atoms with Crippen molar-refractivity contribution in [3.8, 4) is 0 Å². The molecule has 1 aromatic rings. The molecule has 2 atom stereocenters. The van der Waals surface area contributed by atoms with E-state index in [0.717, 1.165) is 5.56 Å². The fourth-order valence-corrected chi connectivity index (χ4v) is 2.47. The molecule has 1 fully saturated rings. The number of nitrogens with zero attached hydrogens (tertiary/aromatic N) is 1. The van der Waals surface area contributed by atoms with Gasteiger partial charge >= 0.3 is 12.0 Å². The van der Waals surface area contributed by atoms with E-state index >= 15 is 0 Å². The van der Waals surface area contributed by atoms with E-state index in [1.807, 2.05) is 0 Å². The maximum Gasteiger partial charge on any atom is 0.326 e. The van der Waals surface area contributed by atoms with Crippen LogP contribution in [0.4, 0.5) is 14.9 Å². The smallest absolute Gasteiger partial charge is 0.326 e. The number of carbonyl (C=O) groups is 2. The zero-order valence-electron chi connectivity index (χ0n) is 11.4. The van der Waals surface area contributed by atoms with Gasteiger partial charge in [0.15, 0.2) is 0 Å². The summed E-state index contributed by atoms with van der Waals surface area (Å²) in [5.74, 6) is -1.68. The number of rotatable bonds is 2. The summed E-state index contributed by atoms with van der Waals surface area (Å²) >= 11 is 0. The van der Waals surface area contributed by atoms with Gasteiger partial charge in [0.1, 0.15) is 11.9 Å². The van der Waals surface area contributed by atoms with Crippen LogP contribution < -0.4 is 5.32 Å². The first-order valence-electron chi connectivity index (χ1n) is 6.46. The lowest BCUT2D eigenvalue weighted by atomic mass is 10.0. The van der Waals surface area contributed by atoms with E-state index in [0.29, 0.717) is 13.0 Å². The average molecular weight is 280 g/mol. The molecule has 2 N–H and O–H groups in total. The van der Waals surface area contributed by atoms with Crippen LogP contribution in [0.1, 0.15) is 18.9 Å². The van der Waals surface area contributed by atoms with E-state index in [2.05, 4.69) is 5.32 Å². The lowest BCUT2D eigenvalue weighted by Crippen LogP contribution is -2.44. The van der Waals surface area contributed by atoms with Gasteiger partial charge < -0.3 is 15.3 Å². The summed E-state index contributed by atoms with van der Waals surface area (Å²) in [5, 5.41) is 11.6. The molecule has 2 amide bonds. The molecule has 2 rings (SSSR count). The first kappa shape index (κ1) is 14.3. The second-order valence-electron chi connectivity index (χ2n) is 5.16. The number of urea groups is 1. The maximum atomic E-state index is 13.6. The number of carboxylic acids is 1. The van der Waals surface area contributed by atoms with Crippen molar-refractivity contribution in [1.29, 1.82) is 0 Å². The van der Waals surface area contributed by atoms with Gasteiger partial charge in [-0.2, -0.15) is 0 Å². The minimum absolute atomic E-state index is 0.0682. The number of anilines is 1. The number of benzene rings is 1. The van der Waals surface area contributed by atoms with Crippen molar-refractivity contribution in [3.05, 3.63) is 29.6 Å². The predicted molar refractivity (Wildman–Crippen MR) is 72.1 cm³/mol. The van der Waals surface area contributed by atoms with Crippen LogP contribution in [0, 0.1) is 18.7 Å². The number of likely N-dealkylation sites (tertiary alicyclic amines) is 1. The summed E-state index contributed by atoms with van der Waals surface area (Å²) in [4.78, 5) is 24.6. The Labute approximate surface area is 116 Å². The Bertz CT molecular complexity index is 547. The number of hydrogen-bond donors (Lipinski definition) is 2. The number of carbonyl (C=O) groups excluding carboxylic acids is 1. The second kappa shape index (κ2) is 5.48. The third kappa shape index (κ3) is 2.74. The van der Waals surface area contributed by atoms with Gasteiger partial charge in [-0.25, -0.2) is 14.0 Å². The Morgan fingerprint density at radius 1 is 1.45 bits per heavy atom. The van der Waals surface area contributed by atoms with Crippen LogP contribution in [0.25, 0.3) is 0 Å². The minimum atomic E-state index is -1.03. The molecule has 1 saturated heterocycles. The van der Waals surface area contributed by atoms with Gasteiger partial charge in [-0.15, -0.1) is 0 Å². The molecule has 1 aliphatic rings. The largest absolute Gasteiger partial charge is 0.480 e. The van der Waals surface area contributed by atoms with E-state index in [-0.39, 0.29) is 11.6 Å². The molecule has 1 aliphatic heterocycles. The van der Waals surface area contributed by atoms with Crippen molar-refractivity contribution in [2.24, 2.45) is 5.92 Å². The van der Waals surface area contributed by atoms with Crippen LogP contribution in [-0.2, 0) is 4.79 Å². The van der Waals surface area contributed by atoms with Gasteiger partial charge in [0.05, 0.1) is 5.69 Å². The molecule has 5 nitrogen and oxygen atoms in total. The van der Waals surface area contributed by atoms with Crippen LogP contribution in [0.15, 0.2) is 18.2 Å². The molecule has 0 bridgehead atoms. The van der Waals surface area contributed by atoms with Crippen molar-refractivity contribution < 1.29 is 19.1 Å². The number of carboxylic acid groups (broad SMARTS) is 1. The average Bonchev–Trinajstić information content (AvgIpc) is 2.76. The number of nitrogens with one attached hydrogen (secondary N) is 1. The number of amides is 2. The summed E-state index contributed by atoms with van der Waals surface area (Å²) < 4.78 is 13.6. The summed E-state index contributed by atoms with van der Waals surface area (Å²) in [5.41, 5.74) is 0.880. The highest BCUT2D eigenvalue weighted by molar-refractivity contribution is 5.93. The zero-order valence-corrected chi connectivity index (χ0v) is 11.4. The highest BCUT2D eigenvalue weighted by Crippen LogP contribution is 2.25. The van der Waals surface area contributed by atoms with Crippen molar-refractivity contribution in [3.63, 3.8) is 0 Å². The van der Waals surface area contributed by atoms with Crippen molar-refractivity contribution in [2.45, 2.75) is 26.3 Å². The van der Waals surface area contributed by atoms with Crippen LogP contribution in [0.3, 0.4) is 0 Å². The minimum Gasteiger partial charge on any atom is -0.480 e. The molecular weight excluding hydrogens is 263 g/mol. The summed E-state index contributed by atoms with van der Waals surface area (Å²) in [6.07, 6.45) is 0.626. The first-order valence-corrected chi connectivity index (χ1v) is 6.46. The standard InChI is InChI=1S/C14H17FN2O3/c1-8-3-4-10(15)11(7-8)16-14(20)17-6-5-9(2)12(17)13(18)19/h3-4,7,9,12H,5-6H2,1-2H3,(H,16,20)(H,18,19). The van der Waals surface area contributed by atoms with Gasteiger partial charge in [-0.05, 0) is 37.0 Å². The molecule has 1 aromatic carbocycles. The van der Waals surface area contributed by atoms with Crippen molar-refractivity contribution >= 4 is 17.7 Å². The van der Waals surface area contributed by atoms with E-state index in [1.54, 1.807) is 19.9 Å². The Hall–Kier alpha value is -2.11. The molecule has 20 heavy (non-hydrogen) atoms. The molecule has 0 spiro atoms. The predicted octanol–water partition coefficient (Wildman–Crippen LogP) is 2.46. The fourth-order valence-electron chi connectivity index (χ4n) is 2.47. The molecule has 108 valence electrons. The van der Waals surface area contributed by atoms with Gasteiger partial charge in [-0.3, -0.25) is 0 Å². The Balaban J connectivity index is 2.16. The number of halogens is 1. The molecular formula is C14H17FN2O3. The lowest BCUT2D eigenvalue weighted by Gasteiger charge is -2.23. The zero-order chi connectivity index (χ0) is 14.9. The fraction of sp³-hybridized carbons (Fsp3) is 0.429. The lowest BCUT2D eigenvalue weighted by molar-refractivity contribution is -0.142. The van der Waals surface area contributed by atoms with E-state index in [9.17, 15) is 19.1 Å². The van der Waals surface area contributed by atoms with Crippen LogP contribution >= 0.6 is 0 Å². The summed E-state index contributed by atoms with van der Waals surface area (Å²) in [7, 11) is 0. The first-order chi connectivity index (χ1) is 9.40.